The summed E-state index contributed by atoms with van der Waals surface area (Å²) in [6, 6.07) is 16.7. The van der Waals surface area contributed by atoms with Gasteiger partial charge in [0, 0.05) is 53.2 Å². The molecule has 0 amide bonds. The molecule has 2 N–H and O–H groups in total. The number of aromatic nitrogens is 2. The Bertz CT molecular complexity index is 1180. The number of hydrogen-bond donors (Lipinski definition) is 2. The molecular formula is C22H24BN2O2. The maximum Gasteiger partial charge on any atom is 0.192 e. The molecule has 0 aliphatic rings. The maximum absolute atomic E-state index is 11.7. The minimum atomic E-state index is 0. The summed E-state index contributed by atoms with van der Waals surface area (Å²) in [5.41, 5.74) is 4.69. The van der Waals surface area contributed by atoms with Crippen LogP contribution in [-0.2, 0) is 0 Å². The number of pyridine rings is 2. The zero-order chi connectivity index (χ0) is 18.0. The van der Waals surface area contributed by atoms with Crippen molar-refractivity contribution >= 4 is 30.2 Å². The minimum Gasteiger partial charge on any atom is -0.358 e. The van der Waals surface area contributed by atoms with Gasteiger partial charge in [-0.05, 0) is 45.0 Å². The van der Waals surface area contributed by atoms with E-state index in [1.54, 1.807) is 6.07 Å². The molecule has 3 radical (unpaired) electrons. The predicted molar refractivity (Wildman–Crippen MR) is 116 cm³/mol. The smallest absolute Gasteiger partial charge is 0.192 e. The lowest BCUT2D eigenvalue weighted by molar-refractivity contribution is 1.18. The average Bonchev–Trinajstić information content (AvgIpc) is 2.60. The number of rotatable bonds is 0. The molecule has 2 aromatic heterocycles. The lowest BCUT2D eigenvalue weighted by Gasteiger charge is -2.02. The number of aromatic amines is 2. The van der Waals surface area contributed by atoms with E-state index in [2.05, 4.69) is 9.97 Å². The molecule has 0 aliphatic carbocycles. The van der Waals surface area contributed by atoms with Gasteiger partial charge in [0.1, 0.15) is 0 Å². The van der Waals surface area contributed by atoms with Crippen molar-refractivity contribution in [1.82, 2.24) is 9.97 Å². The topological polar surface area (TPSA) is 65.7 Å². The van der Waals surface area contributed by atoms with Crippen LogP contribution >= 0.6 is 0 Å². The molecule has 2 aromatic carbocycles. The number of nitrogens with one attached hydrogen (secondary N) is 2. The first kappa shape index (κ1) is 22.0. The third kappa shape index (κ3) is 4.56. The highest BCUT2D eigenvalue weighted by molar-refractivity contribution is 5.79. The van der Waals surface area contributed by atoms with E-state index < -0.39 is 0 Å². The summed E-state index contributed by atoms with van der Waals surface area (Å²) < 4.78 is 0. The summed E-state index contributed by atoms with van der Waals surface area (Å²) in [7, 11) is 0. The molecule has 5 heteroatoms. The molecule has 0 unspecified atom stereocenters. The van der Waals surface area contributed by atoms with Crippen LogP contribution in [0.4, 0.5) is 0 Å². The number of H-pyrrole nitrogens is 2. The van der Waals surface area contributed by atoms with E-state index in [1.165, 1.54) is 0 Å². The van der Waals surface area contributed by atoms with E-state index in [0.717, 1.165) is 38.8 Å². The van der Waals surface area contributed by atoms with Crippen molar-refractivity contribution in [2.24, 2.45) is 0 Å². The zero-order valence-electron chi connectivity index (χ0n) is 15.1. The molecule has 0 atom stereocenters. The van der Waals surface area contributed by atoms with Crippen molar-refractivity contribution in [1.29, 1.82) is 0 Å². The number of benzene rings is 2. The number of aryl methyl sites for hydroxylation is 2. The molecule has 4 aromatic rings. The fourth-order valence-electron chi connectivity index (χ4n) is 2.79. The lowest BCUT2D eigenvalue weighted by atomic mass is 10.1. The third-order valence-electron chi connectivity index (χ3n) is 4.27. The number of hydrogen-bond acceptors (Lipinski definition) is 2. The quantitative estimate of drug-likeness (QED) is 0.461. The van der Waals surface area contributed by atoms with Gasteiger partial charge in [-0.25, -0.2) is 0 Å². The van der Waals surface area contributed by atoms with Crippen LogP contribution in [0.15, 0.2) is 64.2 Å². The largest absolute Gasteiger partial charge is 0.358 e. The summed E-state index contributed by atoms with van der Waals surface area (Å²) in [6.45, 7) is 5.65. The summed E-state index contributed by atoms with van der Waals surface area (Å²) in [5, 5.41) is 1.52. The fraction of sp³-hybridized carbons (Fsp3) is 0.182. The Hall–Kier alpha value is -3.08. The molecule has 0 saturated carbocycles. The van der Waals surface area contributed by atoms with Gasteiger partial charge in [0.25, 0.3) is 0 Å². The van der Waals surface area contributed by atoms with Crippen molar-refractivity contribution < 1.29 is 0 Å². The van der Waals surface area contributed by atoms with Gasteiger partial charge < -0.3 is 9.97 Å². The van der Waals surface area contributed by atoms with Gasteiger partial charge in [0.2, 0.25) is 0 Å². The standard InChI is InChI=1S/C11H11NO.C10H9NO.CH4.B/c1-7-8(2)12-10-6-4-3-5-9(10)11(7)13;1-7-6-10(12)8-4-2-3-5-9(8)11-7;;/h3-6H,1-2H3,(H,12,13);2-6H,1H3,(H,11,12);1H4;. The van der Waals surface area contributed by atoms with Crippen LogP contribution < -0.4 is 10.9 Å². The molecule has 2 heterocycles. The summed E-state index contributed by atoms with van der Waals surface area (Å²) in [5.74, 6) is 0. The Labute approximate surface area is 160 Å². The first-order valence-electron chi connectivity index (χ1n) is 8.14. The fourth-order valence-corrected chi connectivity index (χ4v) is 2.79. The Kier molecular flexibility index (Phi) is 7.35. The van der Waals surface area contributed by atoms with Gasteiger partial charge in [-0.15, -0.1) is 0 Å². The second-order valence-corrected chi connectivity index (χ2v) is 6.11. The van der Waals surface area contributed by atoms with Gasteiger partial charge in [0.15, 0.2) is 10.9 Å². The van der Waals surface area contributed by atoms with Crippen molar-refractivity contribution in [3.8, 4) is 0 Å². The Balaban J connectivity index is 0.000000252. The maximum atomic E-state index is 11.7. The van der Waals surface area contributed by atoms with Crippen molar-refractivity contribution in [3.05, 3.63) is 92.0 Å². The predicted octanol–water partition coefficient (Wildman–Crippen LogP) is 4.24. The lowest BCUT2D eigenvalue weighted by Crippen LogP contribution is -2.09. The van der Waals surface area contributed by atoms with Crippen molar-refractivity contribution in [2.45, 2.75) is 28.2 Å². The van der Waals surface area contributed by atoms with Crippen LogP contribution in [0.25, 0.3) is 21.8 Å². The molecule has 0 aliphatic heterocycles. The van der Waals surface area contributed by atoms with Crippen molar-refractivity contribution in [3.63, 3.8) is 0 Å². The molecule has 0 spiro atoms. The SMILES string of the molecule is C.Cc1[nH]c2ccccc2c(=O)c1C.Cc1cc(=O)c2ccccc2[nH]1.[B]. The van der Waals surface area contributed by atoms with Crippen LogP contribution in [-0.4, -0.2) is 18.4 Å². The number of fused-ring (bicyclic) bond motifs is 2. The van der Waals surface area contributed by atoms with Crippen LogP contribution in [0.1, 0.15) is 24.4 Å². The summed E-state index contributed by atoms with van der Waals surface area (Å²) in [4.78, 5) is 29.4. The van der Waals surface area contributed by atoms with E-state index in [-0.39, 0.29) is 26.7 Å². The number of para-hydroxylation sites is 2. The van der Waals surface area contributed by atoms with Crippen LogP contribution in [0.3, 0.4) is 0 Å². The van der Waals surface area contributed by atoms with Crippen LogP contribution in [0.5, 0.6) is 0 Å². The second-order valence-electron chi connectivity index (χ2n) is 6.11. The molecule has 0 fully saturated rings. The molecule has 0 saturated heterocycles. The van der Waals surface area contributed by atoms with E-state index in [0.29, 0.717) is 0 Å². The highest BCUT2D eigenvalue weighted by Gasteiger charge is 2.03. The first-order chi connectivity index (χ1) is 12.0. The van der Waals surface area contributed by atoms with E-state index >= 15 is 0 Å². The van der Waals surface area contributed by atoms with Gasteiger partial charge in [-0.2, -0.15) is 0 Å². The molecule has 4 nitrogen and oxygen atoms in total. The molecule has 27 heavy (non-hydrogen) atoms. The third-order valence-corrected chi connectivity index (χ3v) is 4.27. The van der Waals surface area contributed by atoms with Crippen LogP contribution in [0, 0.1) is 20.8 Å². The van der Waals surface area contributed by atoms with Gasteiger partial charge >= 0.3 is 0 Å². The van der Waals surface area contributed by atoms with Crippen molar-refractivity contribution in [2.75, 3.05) is 0 Å². The summed E-state index contributed by atoms with van der Waals surface area (Å²) >= 11 is 0. The first-order valence-corrected chi connectivity index (χ1v) is 8.14. The van der Waals surface area contributed by atoms with Gasteiger partial charge in [-0.1, -0.05) is 31.7 Å². The van der Waals surface area contributed by atoms with E-state index in [1.807, 2.05) is 69.3 Å². The summed E-state index contributed by atoms with van der Waals surface area (Å²) in [6.07, 6.45) is 0. The normalized spacial score (nSPS) is 9.74. The molecule has 0 bridgehead atoms. The molecule has 4 rings (SSSR count). The van der Waals surface area contributed by atoms with Crippen LogP contribution in [0.2, 0.25) is 0 Å². The second kappa shape index (κ2) is 9.03. The Morgan fingerprint density at radius 3 is 1.89 bits per heavy atom. The zero-order valence-corrected chi connectivity index (χ0v) is 15.1. The molecular weight excluding hydrogens is 335 g/mol. The minimum absolute atomic E-state index is 0. The van der Waals surface area contributed by atoms with E-state index in [9.17, 15) is 9.59 Å². The molecule has 137 valence electrons. The van der Waals surface area contributed by atoms with Gasteiger partial charge in [-0.3, -0.25) is 9.59 Å². The average molecular weight is 359 g/mol. The highest BCUT2D eigenvalue weighted by atomic mass is 16.1. The van der Waals surface area contributed by atoms with E-state index in [4.69, 9.17) is 0 Å². The van der Waals surface area contributed by atoms with Gasteiger partial charge in [0.05, 0.1) is 0 Å². The monoisotopic (exact) mass is 359 g/mol. The Morgan fingerprint density at radius 1 is 0.741 bits per heavy atom. The highest BCUT2D eigenvalue weighted by Crippen LogP contribution is 2.09. The Morgan fingerprint density at radius 2 is 1.26 bits per heavy atom.